The van der Waals surface area contributed by atoms with Crippen LogP contribution in [0.3, 0.4) is 0 Å². The van der Waals surface area contributed by atoms with E-state index in [1.807, 2.05) is 25.1 Å². The van der Waals surface area contributed by atoms with E-state index in [1.165, 1.54) is 24.3 Å². The minimum Gasteiger partial charge on any atom is -0.545 e. The Bertz CT molecular complexity index is 1060. The fraction of sp³-hybridized carbons (Fsp3) is 0.0455. The summed E-state index contributed by atoms with van der Waals surface area (Å²) in [6.45, 7) is 1.89. The molecular formula is C22H17N2O4-. The molecule has 0 unspecified atom stereocenters. The van der Waals surface area contributed by atoms with Crippen LogP contribution in [-0.2, 0) is 0 Å². The molecule has 3 aromatic carbocycles. The summed E-state index contributed by atoms with van der Waals surface area (Å²) in [5, 5.41) is 16.6. The summed E-state index contributed by atoms with van der Waals surface area (Å²) in [6.07, 6.45) is 0. The molecule has 0 aliphatic heterocycles. The molecule has 2 amide bonds. The first-order valence-electron chi connectivity index (χ1n) is 8.54. The van der Waals surface area contributed by atoms with Crippen molar-refractivity contribution in [2.45, 2.75) is 6.92 Å². The van der Waals surface area contributed by atoms with Crippen molar-refractivity contribution in [3.8, 4) is 0 Å². The van der Waals surface area contributed by atoms with E-state index in [4.69, 9.17) is 0 Å². The molecular weight excluding hydrogens is 356 g/mol. The van der Waals surface area contributed by atoms with E-state index in [1.54, 1.807) is 30.3 Å². The van der Waals surface area contributed by atoms with Crippen LogP contribution >= 0.6 is 0 Å². The number of carboxylic acid groups (broad SMARTS) is 1. The van der Waals surface area contributed by atoms with Gasteiger partial charge < -0.3 is 20.5 Å². The first kappa shape index (κ1) is 18.8. The Morgan fingerprint density at radius 2 is 1.43 bits per heavy atom. The smallest absolute Gasteiger partial charge is 0.256 e. The second-order valence-corrected chi connectivity index (χ2v) is 6.14. The molecule has 0 atom stereocenters. The van der Waals surface area contributed by atoms with Crippen LogP contribution in [0, 0.1) is 6.92 Å². The molecule has 3 rings (SSSR count). The Morgan fingerprint density at radius 1 is 0.750 bits per heavy atom. The van der Waals surface area contributed by atoms with Crippen molar-refractivity contribution in [1.82, 2.24) is 0 Å². The third-order valence-corrected chi connectivity index (χ3v) is 4.17. The molecule has 0 fully saturated rings. The normalized spacial score (nSPS) is 10.2. The Labute approximate surface area is 161 Å². The third kappa shape index (κ3) is 4.24. The lowest BCUT2D eigenvalue weighted by atomic mass is 10.1. The molecule has 0 aromatic heterocycles. The van der Waals surface area contributed by atoms with Crippen LogP contribution in [0.5, 0.6) is 0 Å². The monoisotopic (exact) mass is 373 g/mol. The van der Waals surface area contributed by atoms with Crippen molar-refractivity contribution in [1.29, 1.82) is 0 Å². The van der Waals surface area contributed by atoms with Crippen LogP contribution in [-0.4, -0.2) is 17.8 Å². The van der Waals surface area contributed by atoms with E-state index in [9.17, 15) is 19.5 Å². The SMILES string of the molecule is Cc1ccccc1NC(=O)c1cccc(NC(=O)c2ccccc2C(=O)[O-])c1. The lowest BCUT2D eigenvalue weighted by molar-refractivity contribution is -0.255. The van der Waals surface area contributed by atoms with Gasteiger partial charge in [-0.25, -0.2) is 0 Å². The highest BCUT2D eigenvalue weighted by atomic mass is 16.4. The predicted molar refractivity (Wildman–Crippen MR) is 104 cm³/mol. The molecule has 0 spiro atoms. The van der Waals surface area contributed by atoms with Gasteiger partial charge in [-0.05, 0) is 42.8 Å². The number of nitrogens with one attached hydrogen (secondary N) is 2. The number of carbonyl (C=O) groups excluding carboxylic acids is 3. The number of aromatic carboxylic acids is 1. The minimum absolute atomic E-state index is 0.0164. The zero-order valence-corrected chi connectivity index (χ0v) is 15.1. The number of amides is 2. The molecule has 6 nitrogen and oxygen atoms in total. The summed E-state index contributed by atoms with van der Waals surface area (Å²) in [4.78, 5) is 36.1. The van der Waals surface area contributed by atoms with Crippen molar-refractivity contribution in [3.63, 3.8) is 0 Å². The number of rotatable bonds is 5. The maximum atomic E-state index is 12.5. The van der Waals surface area contributed by atoms with Gasteiger partial charge in [0.05, 0.1) is 5.97 Å². The van der Waals surface area contributed by atoms with Crippen molar-refractivity contribution in [2.24, 2.45) is 0 Å². The first-order chi connectivity index (χ1) is 13.5. The number of carbonyl (C=O) groups is 3. The minimum atomic E-state index is -1.43. The summed E-state index contributed by atoms with van der Waals surface area (Å²) >= 11 is 0. The van der Waals surface area contributed by atoms with Gasteiger partial charge in [0.1, 0.15) is 0 Å². The summed E-state index contributed by atoms with van der Waals surface area (Å²) in [5.41, 5.74) is 2.14. The Balaban J connectivity index is 1.78. The van der Waals surface area contributed by atoms with Crippen molar-refractivity contribution < 1.29 is 19.5 Å². The van der Waals surface area contributed by atoms with E-state index >= 15 is 0 Å². The highest BCUT2D eigenvalue weighted by Gasteiger charge is 2.13. The van der Waals surface area contributed by atoms with E-state index in [0.29, 0.717) is 16.9 Å². The van der Waals surface area contributed by atoms with Crippen molar-refractivity contribution in [2.75, 3.05) is 10.6 Å². The van der Waals surface area contributed by atoms with Gasteiger partial charge >= 0.3 is 0 Å². The standard InChI is InChI=1S/C22H18N2O4/c1-14-7-2-5-12-19(14)24-20(25)15-8-6-9-16(13-15)23-21(26)17-10-3-4-11-18(17)22(27)28/h2-13H,1H3,(H,23,26)(H,24,25)(H,27,28)/p-1. The van der Waals surface area contributed by atoms with Crippen LogP contribution in [0.2, 0.25) is 0 Å². The van der Waals surface area contributed by atoms with Gasteiger partial charge in [0.25, 0.3) is 11.8 Å². The first-order valence-corrected chi connectivity index (χ1v) is 8.54. The van der Waals surface area contributed by atoms with Gasteiger partial charge in [-0.3, -0.25) is 9.59 Å². The van der Waals surface area contributed by atoms with E-state index in [2.05, 4.69) is 10.6 Å². The highest BCUT2D eigenvalue weighted by molar-refractivity contribution is 6.11. The summed E-state index contributed by atoms with van der Waals surface area (Å²) in [6, 6.07) is 19.6. The van der Waals surface area contributed by atoms with Gasteiger partial charge in [-0.15, -0.1) is 0 Å². The third-order valence-electron chi connectivity index (χ3n) is 4.17. The van der Waals surface area contributed by atoms with Gasteiger partial charge in [0, 0.05) is 28.1 Å². The fourth-order valence-corrected chi connectivity index (χ4v) is 2.70. The number of para-hydroxylation sites is 1. The maximum Gasteiger partial charge on any atom is 0.256 e. The molecule has 0 aliphatic carbocycles. The molecule has 0 radical (unpaired) electrons. The average molecular weight is 373 g/mol. The summed E-state index contributed by atoms with van der Waals surface area (Å²) in [7, 11) is 0. The fourth-order valence-electron chi connectivity index (χ4n) is 2.70. The van der Waals surface area contributed by atoms with Gasteiger partial charge in [0.15, 0.2) is 0 Å². The van der Waals surface area contributed by atoms with Crippen LogP contribution in [0.4, 0.5) is 11.4 Å². The molecule has 0 heterocycles. The number of anilines is 2. The van der Waals surface area contributed by atoms with Crippen molar-refractivity contribution >= 4 is 29.2 Å². The molecule has 140 valence electrons. The van der Waals surface area contributed by atoms with E-state index in [0.717, 1.165) is 5.56 Å². The lowest BCUT2D eigenvalue weighted by Gasteiger charge is -2.12. The number of hydrogen-bond acceptors (Lipinski definition) is 4. The second-order valence-electron chi connectivity index (χ2n) is 6.14. The molecule has 28 heavy (non-hydrogen) atoms. The average Bonchev–Trinajstić information content (AvgIpc) is 2.70. The van der Waals surface area contributed by atoms with Crippen LogP contribution in [0.15, 0.2) is 72.8 Å². The topological polar surface area (TPSA) is 98.3 Å². The Morgan fingerprint density at radius 3 is 2.14 bits per heavy atom. The highest BCUT2D eigenvalue weighted by Crippen LogP contribution is 2.18. The largest absolute Gasteiger partial charge is 0.545 e. The quantitative estimate of drug-likeness (QED) is 0.718. The zero-order valence-electron chi connectivity index (χ0n) is 15.1. The second kappa shape index (κ2) is 8.18. The van der Waals surface area contributed by atoms with Gasteiger partial charge in [0.2, 0.25) is 0 Å². The molecule has 6 heteroatoms. The molecule has 2 N–H and O–H groups in total. The molecule has 3 aromatic rings. The van der Waals surface area contributed by atoms with Crippen LogP contribution in [0.1, 0.15) is 36.6 Å². The zero-order chi connectivity index (χ0) is 20.1. The Hall–Kier alpha value is -3.93. The van der Waals surface area contributed by atoms with Gasteiger partial charge in [-0.1, -0.05) is 42.5 Å². The number of carboxylic acids is 1. The summed E-state index contributed by atoms with van der Waals surface area (Å²) < 4.78 is 0. The van der Waals surface area contributed by atoms with E-state index < -0.39 is 11.9 Å². The van der Waals surface area contributed by atoms with Crippen molar-refractivity contribution in [3.05, 3.63) is 95.1 Å². The number of aryl methyl sites for hydroxylation is 1. The number of hydrogen-bond donors (Lipinski definition) is 2. The number of benzene rings is 3. The predicted octanol–water partition coefficient (Wildman–Crippen LogP) is 2.86. The van der Waals surface area contributed by atoms with Crippen LogP contribution < -0.4 is 15.7 Å². The molecule has 0 aliphatic rings. The molecule has 0 saturated carbocycles. The Kier molecular flexibility index (Phi) is 5.50. The maximum absolute atomic E-state index is 12.5. The summed E-state index contributed by atoms with van der Waals surface area (Å²) in [5.74, 6) is -2.35. The van der Waals surface area contributed by atoms with Gasteiger partial charge in [-0.2, -0.15) is 0 Å². The lowest BCUT2D eigenvalue weighted by Crippen LogP contribution is -2.26. The van der Waals surface area contributed by atoms with Crippen LogP contribution in [0.25, 0.3) is 0 Å². The van der Waals surface area contributed by atoms with E-state index in [-0.39, 0.29) is 17.0 Å². The molecule has 0 saturated heterocycles. The molecule has 0 bridgehead atoms.